The average molecular weight is 387 g/mol. The maximum atomic E-state index is 12.6. The molecule has 1 aromatic rings. The second-order valence-corrected chi connectivity index (χ2v) is 6.91. The number of carbonyl (C=O) groups excluding carboxylic acids is 2. The van der Waals surface area contributed by atoms with E-state index >= 15 is 0 Å². The van der Waals surface area contributed by atoms with E-state index in [0.717, 1.165) is 0 Å². The van der Waals surface area contributed by atoms with Crippen LogP contribution in [0, 0.1) is 5.92 Å². The molecule has 2 heterocycles. The summed E-state index contributed by atoms with van der Waals surface area (Å²) in [6.07, 6.45) is 1.30. The normalized spacial score (nSPS) is 24.5. The van der Waals surface area contributed by atoms with Crippen LogP contribution in [0.2, 0.25) is 5.02 Å². The van der Waals surface area contributed by atoms with E-state index in [0.29, 0.717) is 49.7 Å². The molecule has 0 unspecified atom stereocenters. The first-order valence-electron chi connectivity index (χ1n) is 8.50. The van der Waals surface area contributed by atoms with Crippen molar-refractivity contribution in [3.63, 3.8) is 0 Å². The molecule has 5 nitrogen and oxygen atoms in total. The topological polar surface area (TPSA) is 58.6 Å². The molecule has 7 heteroatoms. The Morgan fingerprint density at radius 1 is 1.20 bits per heavy atom. The zero-order valence-corrected chi connectivity index (χ0v) is 15.8. The first kappa shape index (κ1) is 20.2. The Hall–Kier alpha value is -1.14. The molecule has 2 atom stereocenters. The standard InChI is InChI=1S/C18H23ClN2O3.ClH/c1-12-16(20-8-11-24-12)18(23)21-9-6-14(7-10-21)17(22)13-2-4-15(19)5-3-13;/h2-5,12,14,16,20H,6-11H2,1H3;1H/t12-,16+;/m1./s1. The number of nitrogens with one attached hydrogen (secondary N) is 1. The van der Waals surface area contributed by atoms with Crippen molar-refractivity contribution in [3.8, 4) is 0 Å². The van der Waals surface area contributed by atoms with Gasteiger partial charge in [-0.25, -0.2) is 0 Å². The number of morpholine rings is 1. The second kappa shape index (κ2) is 8.99. The van der Waals surface area contributed by atoms with Gasteiger partial charge in [0, 0.05) is 36.1 Å². The third-order valence-corrected chi connectivity index (χ3v) is 5.14. The minimum atomic E-state index is -0.276. The molecule has 1 amide bonds. The zero-order valence-electron chi connectivity index (χ0n) is 14.2. The van der Waals surface area contributed by atoms with Gasteiger partial charge in [0.15, 0.2) is 5.78 Å². The van der Waals surface area contributed by atoms with E-state index in [1.54, 1.807) is 24.3 Å². The summed E-state index contributed by atoms with van der Waals surface area (Å²) in [5.41, 5.74) is 0.695. The highest BCUT2D eigenvalue weighted by molar-refractivity contribution is 6.30. The highest BCUT2D eigenvalue weighted by Crippen LogP contribution is 2.23. The Labute approximate surface area is 159 Å². The van der Waals surface area contributed by atoms with Gasteiger partial charge in [-0.2, -0.15) is 0 Å². The van der Waals surface area contributed by atoms with E-state index in [1.165, 1.54) is 0 Å². The zero-order chi connectivity index (χ0) is 17.1. The minimum Gasteiger partial charge on any atom is -0.375 e. The van der Waals surface area contributed by atoms with E-state index in [1.807, 2.05) is 11.8 Å². The predicted molar refractivity (Wildman–Crippen MR) is 99.5 cm³/mol. The third kappa shape index (κ3) is 4.73. The summed E-state index contributed by atoms with van der Waals surface area (Å²) in [5.74, 6) is 0.203. The molecule has 2 aliphatic rings. The molecular formula is C18H24Cl2N2O3. The smallest absolute Gasteiger partial charge is 0.242 e. The van der Waals surface area contributed by atoms with E-state index in [9.17, 15) is 9.59 Å². The van der Waals surface area contributed by atoms with Crippen LogP contribution in [0.3, 0.4) is 0 Å². The Kier molecular flexibility index (Phi) is 7.25. The van der Waals surface area contributed by atoms with Gasteiger partial charge < -0.3 is 15.0 Å². The summed E-state index contributed by atoms with van der Waals surface area (Å²) in [6, 6.07) is 6.75. The molecule has 25 heavy (non-hydrogen) atoms. The monoisotopic (exact) mass is 386 g/mol. The number of ether oxygens (including phenoxy) is 1. The fraction of sp³-hybridized carbons (Fsp3) is 0.556. The summed E-state index contributed by atoms with van der Waals surface area (Å²) in [7, 11) is 0. The van der Waals surface area contributed by atoms with Crippen molar-refractivity contribution in [2.45, 2.75) is 31.9 Å². The van der Waals surface area contributed by atoms with Gasteiger partial charge in [0.05, 0.1) is 12.7 Å². The summed E-state index contributed by atoms with van der Waals surface area (Å²) in [6.45, 7) is 4.50. The van der Waals surface area contributed by atoms with Gasteiger partial charge in [-0.1, -0.05) is 11.6 Å². The van der Waals surface area contributed by atoms with Crippen molar-refractivity contribution in [2.75, 3.05) is 26.2 Å². The molecular weight excluding hydrogens is 363 g/mol. The molecule has 2 fully saturated rings. The Balaban J connectivity index is 0.00000225. The summed E-state index contributed by atoms with van der Waals surface area (Å²) in [5, 5.41) is 3.86. The number of piperidine rings is 1. The van der Waals surface area contributed by atoms with Crippen LogP contribution in [-0.4, -0.2) is 55.0 Å². The lowest BCUT2D eigenvalue weighted by atomic mass is 9.88. The number of carbonyl (C=O) groups is 2. The van der Waals surface area contributed by atoms with Gasteiger partial charge in [-0.05, 0) is 44.0 Å². The van der Waals surface area contributed by atoms with Crippen molar-refractivity contribution < 1.29 is 14.3 Å². The molecule has 2 aliphatic heterocycles. The van der Waals surface area contributed by atoms with E-state index < -0.39 is 0 Å². The number of Topliss-reactive ketones (excluding diaryl/α,β-unsaturated/α-hetero) is 1. The van der Waals surface area contributed by atoms with Gasteiger partial charge in [-0.3, -0.25) is 9.59 Å². The Bertz CT molecular complexity index is 601. The van der Waals surface area contributed by atoms with Crippen molar-refractivity contribution >= 4 is 35.7 Å². The van der Waals surface area contributed by atoms with Gasteiger partial charge >= 0.3 is 0 Å². The van der Waals surface area contributed by atoms with E-state index in [2.05, 4.69) is 5.32 Å². The molecule has 2 saturated heterocycles. The molecule has 0 bridgehead atoms. The van der Waals surface area contributed by atoms with Crippen molar-refractivity contribution in [1.29, 1.82) is 0 Å². The molecule has 0 saturated carbocycles. The Morgan fingerprint density at radius 3 is 2.44 bits per heavy atom. The van der Waals surface area contributed by atoms with Crippen LogP contribution in [0.15, 0.2) is 24.3 Å². The second-order valence-electron chi connectivity index (χ2n) is 6.48. The van der Waals surface area contributed by atoms with Crippen LogP contribution >= 0.6 is 24.0 Å². The number of benzene rings is 1. The third-order valence-electron chi connectivity index (χ3n) is 4.89. The van der Waals surface area contributed by atoms with Crippen molar-refractivity contribution in [2.24, 2.45) is 5.92 Å². The summed E-state index contributed by atoms with van der Waals surface area (Å²) in [4.78, 5) is 27.0. The fourth-order valence-electron chi connectivity index (χ4n) is 3.42. The average Bonchev–Trinajstić information content (AvgIpc) is 2.62. The van der Waals surface area contributed by atoms with Crippen molar-refractivity contribution in [1.82, 2.24) is 10.2 Å². The SMILES string of the molecule is C[C@H]1OCCN[C@@H]1C(=O)N1CCC(C(=O)c2ccc(Cl)cc2)CC1.Cl. The first-order chi connectivity index (χ1) is 11.6. The van der Waals surface area contributed by atoms with Crippen LogP contribution in [0.4, 0.5) is 0 Å². The van der Waals surface area contributed by atoms with Crippen LogP contribution in [0.25, 0.3) is 0 Å². The lowest BCUT2D eigenvalue weighted by molar-refractivity contribution is -0.140. The molecule has 0 spiro atoms. The molecule has 3 rings (SSSR count). The number of halogens is 2. The minimum absolute atomic E-state index is 0. The van der Waals surface area contributed by atoms with Gasteiger partial charge in [0.1, 0.15) is 6.04 Å². The largest absolute Gasteiger partial charge is 0.375 e. The van der Waals surface area contributed by atoms with Crippen LogP contribution in [-0.2, 0) is 9.53 Å². The number of nitrogens with zero attached hydrogens (tertiary/aromatic N) is 1. The molecule has 1 N–H and O–H groups in total. The van der Waals surface area contributed by atoms with Crippen LogP contribution in [0.5, 0.6) is 0 Å². The number of ketones is 1. The highest BCUT2D eigenvalue weighted by Gasteiger charge is 2.34. The predicted octanol–water partition coefficient (Wildman–Crippen LogP) is 2.56. The van der Waals surface area contributed by atoms with E-state index in [4.69, 9.17) is 16.3 Å². The number of likely N-dealkylation sites (tertiary alicyclic amines) is 1. The molecule has 138 valence electrons. The quantitative estimate of drug-likeness (QED) is 0.810. The highest BCUT2D eigenvalue weighted by atomic mass is 35.5. The maximum absolute atomic E-state index is 12.6. The maximum Gasteiger partial charge on any atom is 0.242 e. The lowest BCUT2D eigenvalue weighted by Gasteiger charge is -2.37. The molecule has 0 radical (unpaired) electrons. The van der Waals surface area contributed by atoms with Crippen LogP contribution in [0.1, 0.15) is 30.1 Å². The van der Waals surface area contributed by atoms with E-state index in [-0.39, 0.29) is 42.2 Å². The molecule has 0 aromatic heterocycles. The number of hydrogen-bond donors (Lipinski definition) is 1. The molecule has 1 aromatic carbocycles. The Morgan fingerprint density at radius 2 is 1.84 bits per heavy atom. The van der Waals surface area contributed by atoms with Gasteiger partial charge in [-0.15, -0.1) is 12.4 Å². The first-order valence-corrected chi connectivity index (χ1v) is 8.87. The molecule has 0 aliphatic carbocycles. The van der Waals surface area contributed by atoms with Gasteiger partial charge in [0.25, 0.3) is 0 Å². The van der Waals surface area contributed by atoms with Crippen molar-refractivity contribution in [3.05, 3.63) is 34.9 Å². The number of rotatable bonds is 3. The lowest BCUT2D eigenvalue weighted by Crippen LogP contribution is -2.57. The fourth-order valence-corrected chi connectivity index (χ4v) is 3.54. The van der Waals surface area contributed by atoms with Gasteiger partial charge in [0.2, 0.25) is 5.91 Å². The van der Waals surface area contributed by atoms with Crippen LogP contribution < -0.4 is 5.32 Å². The summed E-state index contributed by atoms with van der Waals surface area (Å²) >= 11 is 5.87. The summed E-state index contributed by atoms with van der Waals surface area (Å²) < 4.78 is 5.55. The number of hydrogen-bond acceptors (Lipinski definition) is 4. The number of amides is 1.